The van der Waals surface area contributed by atoms with Gasteiger partial charge in [-0.1, -0.05) is 41.9 Å². The fraction of sp³-hybridized carbons (Fsp3) is 0.160. The Morgan fingerprint density at radius 2 is 1.75 bits per heavy atom. The first-order valence-corrected chi connectivity index (χ1v) is 10.5. The third-order valence-electron chi connectivity index (χ3n) is 5.45. The fourth-order valence-electron chi connectivity index (χ4n) is 3.69. The zero-order valence-electron chi connectivity index (χ0n) is 17.7. The number of hydrazine groups is 1. The molecular weight excluding hydrogens is 426 g/mol. The first-order valence-electron chi connectivity index (χ1n) is 10.2. The van der Waals surface area contributed by atoms with Crippen LogP contribution in [0.1, 0.15) is 33.1 Å². The molecule has 1 heterocycles. The highest BCUT2D eigenvalue weighted by Gasteiger charge is 2.47. The number of amides is 2. The normalized spacial score (nSPS) is 19.0. The van der Waals surface area contributed by atoms with Crippen LogP contribution < -0.4 is 15.5 Å². The molecule has 162 valence electrons. The van der Waals surface area contributed by atoms with Crippen LogP contribution in [0.5, 0.6) is 5.75 Å². The minimum Gasteiger partial charge on any atom is -0.497 e. The van der Waals surface area contributed by atoms with Crippen molar-refractivity contribution in [2.75, 3.05) is 7.11 Å². The van der Waals surface area contributed by atoms with E-state index >= 15 is 0 Å². The summed E-state index contributed by atoms with van der Waals surface area (Å²) in [5.41, 5.74) is 6.21. The number of halogens is 1. The van der Waals surface area contributed by atoms with Gasteiger partial charge in [-0.3, -0.25) is 9.59 Å². The molecule has 3 aromatic carbocycles. The predicted molar refractivity (Wildman–Crippen MR) is 123 cm³/mol. The van der Waals surface area contributed by atoms with Crippen molar-refractivity contribution < 1.29 is 19.0 Å². The fourth-order valence-corrected chi connectivity index (χ4v) is 3.81. The van der Waals surface area contributed by atoms with E-state index in [1.54, 1.807) is 48.2 Å². The van der Waals surface area contributed by atoms with Crippen LogP contribution in [-0.2, 0) is 4.79 Å². The molecule has 0 aliphatic carbocycles. The molecule has 1 saturated heterocycles. The van der Waals surface area contributed by atoms with Gasteiger partial charge < -0.3 is 10.1 Å². The van der Waals surface area contributed by atoms with Crippen LogP contribution in [0.15, 0.2) is 72.8 Å². The SMILES string of the molecule is COc1ccc(C(=O)N[C@@H]2C(=O)N/[N+](=C\c3ccccc3C)[C@H]2c2ccc(Cl)cc2)cc1. The maximum Gasteiger partial charge on any atom is 0.304 e. The summed E-state index contributed by atoms with van der Waals surface area (Å²) in [5, 5.41) is 3.49. The van der Waals surface area contributed by atoms with Crippen LogP contribution >= 0.6 is 11.6 Å². The Hall–Kier alpha value is -3.64. The summed E-state index contributed by atoms with van der Waals surface area (Å²) in [7, 11) is 1.56. The second kappa shape index (κ2) is 9.24. The molecule has 4 rings (SSSR count). The van der Waals surface area contributed by atoms with Gasteiger partial charge >= 0.3 is 5.91 Å². The second-order valence-corrected chi connectivity index (χ2v) is 7.98. The van der Waals surface area contributed by atoms with Gasteiger partial charge in [-0.15, -0.1) is 10.1 Å². The number of carbonyl (C=O) groups excluding carboxylic acids is 2. The van der Waals surface area contributed by atoms with Gasteiger partial charge in [0, 0.05) is 21.7 Å². The molecule has 0 aromatic heterocycles. The van der Waals surface area contributed by atoms with Crippen molar-refractivity contribution in [2.45, 2.75) is 19.0 Å². The molecule has 2 amide bonds. The minimum atomic E-state index is -0.800. The van der Waals surface area contributed by atoms with Crippen LogP contribution in [0, 0.1) is 6.92 Å². The van der Waals surface area contributed by atoms with E-state index in [9.17, 15) is 9.59 Å². The largest absolute Gasteiger partial charge is 0.497 e. The Morgan fingerprint density at radius 3 is 2.41 bits per heavy atom. The van der Waals surface area contributed by atoms with Gasteiger partial charge in [-0.25, -0.2) is 0 Å². The highest BCUT2D eigenvalue weighted by Crippen LogP contribution is 2.27. The number of aryl methyl sites for hydroxylation is 1. The molecule has 1 fully saturated rings. The zero-order chi connectivity index (χ0) is 22.7. The summed E-state index contributed by atoms with van der Waals surface area (Å²) in [6.07, 6.45) is 1.88. The molecule has 2 N–H and O–H groups in total. The van der Waals surface area contributed by atoms with Crippen LogP contribution in [0.2, 0.25) is 5.02 Å². The van der Waals surface area contributed by atoms with Gasteiger partial charge in [0.1, 0.15) is 5.75 Å². The number of benzene rings is 3. The van der Waals surface area contributed by atoms with Crippen molar-refractivity contribution in [1.82, 2.24) is 10.7 Å². The molecule has 1 aliphatic heterocycles. The lowest BCUT2D eigenvalue weighted by Crippen LogP contribution is -2.42. The Bertz CT molecular complexity index is 1170. The molecule has 0 saturated carbocycles. The molecule has 0 radical (unpaired) electrons. The maximum absolute atomic E-state index is 12.9. The molecule has 32 heavy (non-hydrogen) atoms. The lowest BCUT2D eigenvalue weighted by atomic mass is 9.99. The summed E-state index contributed by atoms with van der Waals surface area (Å²) in [6.45, 7) is 2.00. The van der Waals surface area contributed by atoms with Crippen molar-refractivity contribution in [3.05, 3.63) is 100 Å². The Kier molecular flexibility index (Phi) is 6.23. The van der Waals surface area contributed by atoms with Crippen molar-refractivity contribution in [2.24, 2.45) is 0 Å². The quantitative estimate of drug-likeness (QED) is 0.585. The van der Waals surface area contributed by atoms with E-state index < -0.39 is 12.1 Å². The first kappa shape index (κ1) is 21.6. The van der Waals surface area contributed by atoms with E-state index in [-0.39, 0.29) is 11.8 Å². The monoisotopic (exact) mass is 448 g/mol. The summed E-state index contributed by atoms with van der Waals surface area (Å²) in [4.78, 5) is 25.9. The second-order valence-electron chi connectivity index (χ2n) is 7.55. The molecule has 6 nitrogen and oxygen atoms in total. The summed E-state index contributed by atoms with van der Waals surface area (Å²) >= 11 is 6.08. The van der Waals surface area contributed by atoms with E-state index in [4.69, 9.17) is 16.3 Å². The number of ether oxygens (including phenoxy) is 1. The average Bonchev–Trinajstić information content (AvgIpc) is 3.10. The molecule has 3 aromatic rings. The van der Waals surface area contributed by atoms with Crippen molar-refractivity contribution in [1.29, 1.82) is 0 Å². The van der Waals surface area contributed by atoms with Crippen molar-refractivity contribution in [3.8, 4) is 5.75 Å². The summed E-state index contributed by atoms with van der Waals surface area (Å²) in [5.74, 6) is 0.0133. The maximum atomic E-state index is 12.9. The van der Waals surface area contributed by atoms with Crippen molar-refractivity contribution >= 4 is 29.6 Å². The molecule has 2 atom stereocenters. The Balaban J connectivity index is 1.69. The van der Waals surface area contributed by atoms with E-state index in [0.29, 0.717) is 16.3 Å². The standard InChI is InChI=1S/C25H22ClN3O3/c1-16-5-3-4-6-19(16)15-29-23(17-7-11-20(26)12-8-17)22(25(31)28-29)27-24(30)18-9-13-21(32-2)14-10-18/h3-15,22-23H,1-2H3,(H-,27,28,30,31)/p+1/b29-15-/t22-,23-/m0/s1. The number of hydrazone groups is 1. The van der Waals surface area contributed by atoms with Gasteiger partial charge in [0.05, 0.1) is 7.11 Å². The van der Waals surface area contributed by atoms with E-state index in [1.807, 2.05) is 49.5 Å². The van der Waals surface area contributed by atoms with E-state index in [0.717, 1.165) is 16.7 Å². The smallest absolute Gasteiger partial charge is 0.304 e. The zero-order valence-corrected chi connectivity index (χ0v) is 18.5. The van der Waals surface area contributed by atoms with Crippen LogP contribution in [0.4, 0.5) is 0 Å². The average molecular weight is 449 g/mol. The predicted octanol–water partition coefficient (Wildman–Crippen LogP) is 3.67. The van der Waals surface area contributed by atoms with Crippen LogP contribution in [-0.4, -0.2) is 35.9 Å². The third-order valence-corrected chi connectivity index (χ3v) is 5.71. The number of hydrogen-bond acceptors (Lipinski definition) is 3. The first-order chi connectivity index (χ1) is 15.5. The number of nitrogens with zero attached hydrogens (tertiary/aromatic N) is 1. The minimum absolute atomic E-state index is 0.295. The number of hydrogen-bond donors (Lipinski definition) is 2. The molecule has 7 heteroatoms. The Labute approximate surface area is 191 Å². The van der Waals surface area contributed by atoms with Crippen LogP contribution in [0.25, 0.3) is 0 Å². The molecular formula is C25H23ClN3O3+. The highest BCUT2D eigenvalue weighted by atomic mass is 35.5. The number of rotatable bonds is 5. The topological polar surface area (TPSA) is 70.4 Å². The van der Waals surface area contributed by atoms with Gasteiger partial charge in [0.25, 0.3) is 5.91 Å². The Morgan fingerprint density at radius 1 is 1.06 bits per heavy atom. The summed E-state index contributed by atoms with van der Waals surface area (Å²) in [6, 6.07) is 20.6. The van der Waals surface area contributed by atoms with Gasteiger partial charge in [-0.05, 0) is 55.0 Å². The number of nitrogens with one attached hydrogen (secondary N) is 2. The van der Waals surface area contributed by atoms with Gasteiger partial charge in [0.15, 0.2) is 6.04 Å². The highest BCUT2D eigenvalue weighted by molar-refractivity contribution is 6.30. The lowest BCUT2D eigenvalue weighted by Gasteiger charge is -2.15. The van der Waals surface area contributed by atoms with Gasteiger partial charge in [0.2, 0.25) is 12.3 Å². The van der Waals surface area contributed by atoms with Crippen LogP contribution in [0.3, 0.4) is 0 Å². The van der Waals surface area contributed by atoms with E-state index in [1.165, 1.54) is 0 Å². The van der Waals surface area contributed by atoms with Crippen molar-refractivity contribution in [3.63, 3.8) is 0 Å². The molecule has 0 unspecified atom stereocenters. The molecule has 0 bridgehead atoms. The molecule has 1 aliphatic rings. The molecule has 0 spiro atoms. The lowest BCUT2D eigenvalue weighted by molar-refractivity contribution is -0.596. The number of methoxy groups -OCH3 is 1. The van der Waals surface area contributed by atoms with E-state index in [2.05, 4.69) is 10.7 Å². The summed E-state index contributed by atoms with van der Waals surface area (Å²) < 4.78 is 6.89. The third kappa shape index (κ3) is 4.50. The van der Waals surface area contributed by atoms with Gasteiger partial charge in [-0.2, -0.15) is 0 Å². The number of carbonyl (C=O) groups is 2.